The lowest BCUT2D eigenvalue weighted by atomic mass is 9.78. The summed E-state index contributed by atoms with van der Waals surface area (Å²) in [4.78, 5) is 23.4. The Hall–Kier alpha value is -1.06. The quantitative estimate of drug-likeness (QED) is 0.793. The molecule has 4 nitrogen and oxygen atoms in total. The molecule has 0 saturated heterocycles. The number of hydrogen-bond acceptors (Lipinski definition) is 2. The second-order valence-electron chi connectivity index (χ2n) is 5.60. The molecule has 0 aliphatic heterocycles. The van der Waals surface area contributed by atoms with Gasteiger partial charge < -0.3 is 10.4 Å². The van der Waals surface area contributed by atoms with E-state index in [0.29, 0.717) is 18.8 Å². The van der Waals surface area contributed by atoms with Crippen molar-refractivity contribution in [3.05, 3.63) is 0 Å². The standard InChI is InChI=1S/C14H25NO3/c1-4-12(9(2)3)15-13(16)10-7-5-6-8-11(10)14(17)18/h9-12H,4-8H2,1-3H3,(H,15,16)(H,17,18)/t10-,11+,12?/m1/s1. The third-order valence-corrected chi connectivity index (χ3v) is 3.99. The first kappa shape index (κ1) is 15.0. The van der Waals surface area contributed by atoms with Crippen LogP contribution in [0.1, 0.15) is 52.9 Å². The number of rotatable bonds is 5. The van der Waals surface area contributed by atoms with E-state index in [1.807, 2.05) is 6.92 Å². The van der Waals surface area contributed by atoms with Crippen LogP contribution in [0.4, 0.5) is 0 Å². The minimum Gasteiger partial charge on any atom is -0.481 e. The number of carbonyl (C=O) groups is 2. The predicted molar refractivity (Wildman–Crippen MR) is 70.1 cm³/mol. The molecule has 1 saturated carbocycles. The molecule has 0 heterocycles. The van der Waals surface area contributed by atoms with Crippen molar-refractivity contribution in [2.24, 2.45) is 17.8 Å². The SMILES string of the molecule is CCC(NC(=O)[C@@H]1CCCC[C@@H]1C(=O)O)C(C)C. The highest BCUT2D eigenvalue weighted by Crippen LogP contribution is 2.30. The molecule has 2 N–H and O–H groups in total. The summed E-state index contributed by atoms with van der Waals surface area (Å²) in [5.41, 5.74) is 0. The van der Waals surface area contributed by atoms with Gasteiger partial charge in [-0.2, -0.15) is 0 Å². The minimum atomic E-state index is -0.826. The molecule has 1 aliphatic rings. The average molecular weight is 255 g/mol. The third kappa shape index (κ3) is 3.72. The zero-order valence-electron chi connectivity index (χ0n) is 11.6. The van der Waals surface area contributed by atoms with Crippen molar-refractivity contribution in [1.82, 2.24) is 5.32 Å². The van der Waals surface area contributed by atoms with Crippen LogP contribution in [-0.2, 0) is 9.59 Å². The normalized spacial score (nSPS) is 25.8. The van der Waals surface area contributed by atoms with Gasteiger partial charge >= 0.3 is 5.97 Å². The van der Waals surface area contributed by atoms with Crippen molar-refractivity contribution < 1.29 is 14.7 Å². The summed E-state index contributed by atoms with van der Waals surface area (Å²) in [6.45, 7) is 6.19. The van der Waals surface area contributed by atoms with Crippen LogP contribution in [0.25, 0.3) is 0 Å². The van der Waals surface area contributed by atoms with E-state index in [9.17, 15) is 14.7 Å². The molecule has 1 unspecified atom stereocenters. The molecule has 104 valence electrons. The molecule has 0 aromatic heterocycles. The first-order valence-electron chi connectivity index (χ1n) is 7.00. The summed E-state index contributed by atoms with van der Waals surface area (Å²) < 4.78 is 0. The molecule has 0 aromatic carbocycles. The number of amides is 1. The van der Waals surface area contributed by atoms with Gasteiger partial charge in [0.05, 0.1) is 11.8 Å². The van der Waals surface area contributed by atoms with E-state index in [1.165, 1.54) is 0 Å². The highest BCUT2D eigenvalue weighted by Gasteiger charge is 2.36. The molecular formula is C14H25NO3. The van der Waals surface area contributed by atoms with Gasteiger partial charge in [-0.1, -0.05) is 33.6 Å². The average Bonchev–Trinajstić information content (AvgIpc) is 2.35. The summed E-state index contributed by atoms with van der Waals surface area (Å²) in [5.74, 6) is -1.35. The fourth-order valence-electron chi connectivity index (χ4n) is 2.77. The van der Waals surface area contributed by atoms with E-state index < -0.39 is 11.9 Å². The molecule has 1 aliphatic carbocycles. The Balaban J connectivity index is 2.65. The number of carboxylic acids is 1. The molecular weight excluding hydrogens is 230 g/mol. The second kappa shape index (κ2) is 6.76. The Labute approximate surface area is 109 Å². The Morgan fingerprint density at radius 1 is 1.22 bits per heavy atom. The summed E-state index contributed by atoms with van der Waals surface area (Å²) in [6.07, 6.45) is 4.10. The van der Waals surface area contributed by atoms with Gasteiger partial charge in [0.15, 0.2) is 0 Å². The lowest BCUT2D eigenvalue weighted by Gasteiger charge is -2.30. The van der Waals surface area contributed by atoms with E-state index in [4.69, 9.17) is 0 Å². The summed E-state index contributed by atoms with van der Waals surface area (Å²) in [7, 11) is 0. The summed E-state index contributed by atoms with van der Waals surface area (Å²) in [5, 5.41) is 12.2. The number of hydrogen-bond donors (Lipinski definition) is 2. The van der Waals surface area contributed by atoms with Crippen LogP contribution in [0, 0.1) is 17.8 Å². The van der Waals surface area contributed by atoms with Crippen molar-refractivity contribution in [3.8, 4) is 0 Å². The van der Waals surface area contributed by atoms with Crippen molar-refractivity contribution in [1.29, 1.82) is 0 Å². The van der Waals surface area contributed by atoms with Crippen molar-refractivity contribution in [2.75, 3.05) is 0 Å². The van der Waals surface area contributed by atoms with E-state index in [-0.39, 0.29) is 17.9 Å². The fraction of sp³-hybridized carbons (Fsp3) is 0.857. The van der Waals surface area contributed by atoms with Gasteiger partial charge in [-0.05, 0) is 25.2 Å². The number of nitrogens with one attached hydrogen (secondary N) is 1. The van der Waals surface area contributed by atoms with Gasteiger partial charge in [-0.25, -0.2) is 0 Å². The highest BCUT2D eigenvalue weighted by atomic mass is 16.4. The van der Waals surface area contributed by atoms with E-state index in [2.05, 4.69) is 19.2 Å². The molecule has 1 fully saturated rings. The zero-order chi connectivity index (χ0) is 13.7. The lowest BCUT2D eigenvalue weighted by molar-refractivity contribution is -0.149. The van der Waals surface area contributed by atoms with Crippen LogP contribution in [0.5, 0.6) is 0 Å². The number of aliphatic carboxylic acids is 1. The van der Waals surface area contributed by atoms with Crippen LogP contribution < -0.4 is 5.32 Å². The Kier molecular flexibility index (Phi) is 5.63. The molecule has 0 bridgehead atoms. The van der Waals surface area contributed by atoms with Gasteiger partial charge in [-0.3, -0.25) is 9.59 Å². The van der Waals surface area contributed by atoms with Crippen LogP contribution in [-0.4, -0.2) is 23.0 Å². The zero-order valence-corrected chi connectivity index (χ0v) is 11.6. The highest BCUT2D eigenvalue weighted by molar-refractivity contribution is 5.85. The van der Waals surface area contributed by atoms with E-state index in [0.717, 1.165) is 19.3 Å². The first-order valence-corrected chi connectivity index (χ1v) is 7.00. The van der Waals surface area contributed by atoms with Gasteiger partial charge in [0, 0.05) is 6.04 Å². The minimum absolute atomic E-state index is 0.0670. The Morgan fingerprint density at radius 3 is 2.22 bits per heavy atom. The van der Waals surface area contributed by atoms with Gasteiger partial charge in [0.1, 0.15) is 0 Å². The monoisotopic (exact) mass is 255 g/mol. The maximum atomic E-state index is 12.2. The molecule has 18 heavy (non-hydrogen) atoms. The third-order valence-electron chi connectivity index (χ3n) is 3.99. The summed E-state index contributed by atoms with van der Waals surface area (Å²) in [6, 6.07) is 0.147. The van der Waals surface area contributed by atoms with Gasteiger partial charge in [0.25, 0.3) is 0 Å². The van der Waals surface area contributed by atoms with E-state index in [1.54, 1.807) is 0 Å². The molecule has 0 spiro atoms. The van der Waals surface area contributed by atoms with Gasteiger partial charge in [0.2, 0.25) is 5.91 Å². The topological polar surface area (TPSA) is 66.4 Å². The number of carboxylic acid groups (broad SMARTS) is 1. The van der Waals surface area contributed by atoms with Gasteiger partial charge in [-0.15, -0.1) is 0 Å². The Bertz CT molecular complexity index is 301. The maximum Gasteiger partial charge on any atom is 0.307 e. The molecule has 1 rings (SSSR count). The van der Waals surface area contributed by atoms with Crippen molar-refractivity contribution >= 4 is 11.9 Å². The largest absolute Gasteiger partial charge is 0.481 e. The lowest BCUT2D eigenvalue weighted by Crippen LogP contribution is -2.45. The predicted octanol–water partition coefficient (Wildman–Crippen LogP) is 2.43. The smallest absolute Gasteiger partial charge is 0.307 e. The van der Waals surface area contributed by atoms with Crippen LogP contribution in [0.15, 0.2) is 0 Å². The molecule has 0 radical (unpaired) electrons. The maximum absolute atomic E-state index is 12.2. The van der Waals surface area contributed by atoms with Crippen LogP contribution >= 0.6 is 0 Å². The molecule has 0 aromatic rings. The van der Waals surface area contributed by atoms with Crippen LogP contribution in [0.3, 0.4) is 0 Å². The van der Waals surface area contributed by atoms with Crippen molar-refractivity contribution in [3.63, 3.8) is 0 Å². The molecule has 1 amide bonds. The Morgan fingerprint density at radius 2 is 1.78 bits per heavy atom. The summed E-state index contributed by atoms with van der Waals surface area (Å²) >= 11 is 0. The van der Waals surface area contributed by atoms with Crippen molar-refractivity contribution in [2.45, 2.75) is 58.9 Å². The second-order valence-corrected chi connectivity index (χ2v) is 5.60. The van der Waals surface area contributed by atoms with Crippen LogP contribution in [0.2, 0.25) is 0 Å². The first-order chi connectivity index (χ1) is 8.47. The fourth-order valence-corrected chi connectivity index (χ4v) is 2.77. The molecule has 4 heteroatoms. The number of carbonyl (C=O) groups excluding carboxylic acids is 1. The molecule has 3 atom stereocenters. The van der Waals surface area contributed by atoms with E-state index >= 15 is 0 Å².